The zero-order chi connectivity index (χ0) is 29.9. The summed E-state index contributed by atoms with van der Waals surface area (Å²) in [5.41, 5.74) is 3.63. The Morgan fingerprint density at radius 1 is 0.714 bits per heavy atom. The van der Waals surface area contributed by atoms with Crippen LogP contribution >= 0.6 is 11.3 Å². The predicted octanol–water partition coefficient (Wildman–Crippen LogP) is 9.71. The van der Waals surface area contributed by atoms with Crippen LogP contribution in [0.4, 0.5) is 0 Å². The molecule has 4 rings (SSSR count). The number of rotatable bonds is 14. The van der Waals surface area contributed by atoms with Gasteiger partial charge >= 0.3 is 5.82 Å². The molecular weight excluding hydrogens is 536 g/mol. The molecule has 0 radical (unpaired) electrons. The highest BCUT2D eigenvalue weighted by Gasteiger charge is 2.19. The minimum Gasteiger partial charge on any atom is -0.460 e. The number of nitriles is 2. The van der Waals surface area contributed by atoms with Gasteiger partial charge in [0.25, 0.3) is 0 Å². The molecule has 0 saturated heterocycles. The van der Waals surface area contributed by atoms with Crippen molar-refractivity contribution in [2.75, 3.05) is 0 Å². The van der Waals surface area contributed by atoms with Crippen LogP contribution in [0.2, 0.25) is 0 Å². The van der Waals surface area contributed by atoms with E-state index in [1.165, 1.54) is 79.2 Å². The van der Waals surface area contributed by atoms with E-state index in [1.807, 2.05) is 12.1 Å². The van der Waals surface area contributed by atoms with Gasteiger partial charge in [-0.3, -0.25) is 0 Å². The second-order valence-corrected chi connectivity index (χ2v) is 12.1. The van der Waals surface area contributed by atoms with Crippen molar-refractivity contribution < 1.29 is 4.42 Å². The number of thiophene rings is 1. The summed E-state index contributed by atoms with van der Waals surface area (Å²) in [4.78, 5) is 6.82. The van der Waals surface area contributed by atoms with E-state index < -0.39 is 0 Å². The van der Waals surface area contributed by atoms with Gasteiger partial charge in [0.05, 0.1) is 4.53 Å². The van der Waals surface area contributed by atoms with Crippen molar-refractivity contribution >= 4 is 54.6 Å². The Morgan fingerprint density at radius 2 is 1.26 bits per heavy atom. The topological polar surface area (TPSA) is 69.4 Å². The molecule has 0 amide bonds. The number of fused-ring (bicyclic) bond motifs is 3. The number of unbranched alkanes of at least 4 members (excludes halogenated alkanes) is 10. The van der Waals surface area contributed by atoms with Gasteiger partial charge in [-0.25, -0.2) is 0 Å². The molecule has 0 bridgehead atoms. The molecule has 0 saturated carbocycles. The fourth-order valence-electron chi connectivity index (χ4n) is 5.91. The first-order valence-corrected chi connectivity index (χ1v) is 16.2. The van der Waals surface area contributed by atoms with Crippen LogP contribution in [0.25, 0.3) is 52.9 Å². The molecule has 4 aromatic rings. The van der Waals surface area contributed by atoms with E-state index in [9.17, 15) is 10.5 Å². The van der Waals surface area contributed by atoms with Crippen molar-refractivity contribution in [2.24, 2.45) is 0 Å². The molecule has 0 N–H and O–H groups in total. The van der Waals surface area contributed by atoms with Gasteiger partial charge in [-0.2, -0.15) is 20.2 Å². The lowest BCUT2D eigenvalue weighted by Gasteiger charge is -2.14. The highest BCUT2D eigenvalue weighted by Crippen LogP contribution is 2.38. The molecule has 0 spiro atoms. The summed E-state index contributed by atoms with van der Waals surface area (Å²) in [6.07, 6.45) is 16.2. The van der Waals surface area contributed by atoms with Crippen LogP contribution < -0.4 is 9.95 Å². The second-order valence-electron chi connectivity index (χ2n) is 11.0. The van der Waals surface area contributed by atoms with Crippen LogP contribution in [0.3, 0.4) is 0 Å². The molecule has 0 atom stereocenters. The Hall–Kier alpha value is -4.10. The number of aryl methyl sites for hydroxylation is 2. The van der Waals surface area contributed by atoms with Crippen molar-refractivity contribution in [3.05, 3.63) is 68.2 Å². The number of nitrogens with zero attached hydrogens (tertiary/aromatic N) is 4. The molecule has 0 aliphatic carbocycles. The van der Waals surface area contributed by atoms with Gasteiger partial charge in [-0.1, -0.05) is 78.1 Å². The van der Waals surface area contributed by atoms with Gasteiger partial charge in [0, 0.05) is 10.1 Å². The maximum atomic E-state index is 9.58. The molecular formula is C36H38N4OS. The maximum Gasteiger partial charge on any atom is 0.562 e. The van der Waals surface area contributed by atoms with Gasteiger partial charge in [0.15, 0.2) is 0 Å². The number of furan rings is 1. The third-order valence-electron chi connectivity index (χ3n) is 8.13. The molecule has 42 heavy (non-hydrogen) atoms. The third-order valence-corrected chi connectivity index (χ3v) is 9.23. The van der Waals surface area contributed by atoms with Crippen LogP contribution in [0.15, 0.2) is 28.7 Å². The van der Waals surface area contributed by atoms with Gasteiger partial charge in [0.1, 0.15) is 36.4 Å². The highest BCUT2D eigenvalue weighted by atomic mass is 32.1. The summed E-state index contributed by atoms with van der Waals surface area (Å²) in [6.45, 7) is 19.4. The number of hydrogen-bond acceptors (Lipinski definition) is 4. The molecule has 0 aliphatic rings. The molecule has 214 valence electrons. The zero-order valence-corrected chi connectivity index (χ0v) is 25.6. The Bertz CT molecular complexity index is 1690. The Kier molecular flexibility index (Phi) is 11.2. The lowest BCUT2D eigenvalue weighted by Crippen LogP contribution is -1.96. The molecule has 0 fully saturated rings. The second kappa shape index (κ2) is 15.2. The summed E-state index contributed by atoms with van der Waals surface area (Å²) in [5.74, 6) is -0.0465. The first-order valence-electron chi connectivity index (χ1n) is 15.3. The molecule has 5 nitrogen and oxygen atoms in total. The molecule has 6 heteroatoms. The molecule has 0 aliphatic heterocycles. The minimum absolute atomic E-state index is 0.0465. The smallest absolute Gasteiger partial charge is 0.460 e. The van der Waals surface area contributed by atoms with Crippen LogP contribution in [0.5, 0.6) is 0 Å². The summed E-state index contributed by atoms with van der Waals surface area (Å²) >= 11 is 1.51. The maximum absolute atomic E-state index is 9.58. The molecule has 0 unspecified atom stereocenters. The van der Waals surface area contributed by atoms with Gasteiger partial charge in [-0.05, 0) is 77.2 Å². The SMILES string of the molecule is [C-]#[N+]C([N+]#[C-])=c1cc2c(CCCCCCCC)c3cc4sc(=C(C#N)C#N)cc4c(CCCCCCCC)c3cc2o1. The fourth-order valence-corrected chi connectivity index (χ4v) is 6.99. The van der Waals surface area contributed by atoms with Crippen molar-refractivity contribution in [2.45, 2.75) is 104 Å². The Morgan fingerprint density at radius 3 is 1.83 bits per heavy atom. The van der Waals surface area contributed by atoms with Gasteiger partial charge in [-0.15, -0.1) is 11.3 Å². The van der Waals surface area contributed by atoms with E-state index in [-0.39, 0.29) is 11.4 Å². The minimum atomic E-state index is -0.0465. The van der Waals surface area contributed by atoms with Crippen molar-refractivity contribution in [3.8, 4) is 12.1 Å². The van der Waals surface area contributed by atoms with E-state index in [0.29, 0.717) is 15.5 Å². The lowest BCUT2D eigenvalue weighted by molar-refractivity contribution is 0.577. The largest absolute Gasteiger partial charge is 0.562 e. The quantitative estimate of drug-likeness (QED) is 0.111. The summed E-state index contributed by atoms with van der Waals surface area (Å²) < 4.78 is 7.98. The van der Waals surface area contributed by atoms with Crippen LogP contribution in [-0.4, -0.2) is 0 Å². The Balaban J connectivity index is 1.93. The average molecular weight is 575 g/mol. The van der Waals surface area contributed by atoms with E-state index in [2.05, 4.69) is 47.8 Å². The number of hydrogen-bond donors (Lipinski definition) is 0. The van der Waals surface area contributed by atoms with Crippen LogP contribution in [-0.2, 0) is 12.8 Å². The lowest BCUT2D eigenvalue weighted by atomic mass is 9.90. The van der Waals surface area contributed by atoms with E-state index in [0.717, 1.165) is 59.4 Å². The summed E-state index contributed by atoms with van der Waals surface area (Å²) in [6, 6.07) is 12.4. The molecule has 2 aromatic carbocycles. The number of benzene rings is 2. The standard InChI is InChI=1S/C36H38N4OS/c1-5-7-9-11-13-15-17-26-29-21-35-31(22-34(42-35)25(23-37)24-38)27(18-16-14-12-10-8-6-2)28(29)19-32-30(26)20-33(41-32)36(39-3)40-4/h19-22H,5-18H2,1-2H3. The summed E-state index contributed by atoms with van der Waals surface area (Å²) in [7, 11) is 0. The van der Waals surface area contributed by atoms with E-state index in [4.69, 9.17) is 17.6 Å². The molecule has 2 aromatic heterocycles. The predicted molar refractivity (Wildman–Crippen MR) is 174 cm³/mol. The van der Waals surface area contributed by atoms with E-state index in [1.54, 1.807) is 0 Å². The van der Waals surface area contributed by atoms with Crippen LogP contribution in [0.1, 0.15) is 102 Å². The van der Waals surface area contributed by atoms with Crippen molar-refractivity contribution in [1.82, 2.24) is 0 Å². The fraction of sp³-hybridized carbons (Fsp3) is 0.444. The third kappa shape index (κ3) is 6.85. The normalized spacial score (nSPS) is 10.9. The first kappa shape index (κ1) is 30.8. The van der Waals surface area contributed by atoms with Crippen molar-refractivity contribution in [3.63, 3.8) is 0 Å². The van der Waals surface area contributed by atoms with Gasteiger partial charge in [0.2, 0.25) is 5.42 Å². The first-order chi connectivity index (χ1) is 20.6. The Labute approximate surface area is 253 Å². The highest BCUT2D eigenvalue weighted by molar-refractivity contribution is 7.17. The van der Waals surface area contributed by atoms with E-state index >= 15 is 0 Å². The average Bonchev–Trinajstić information content (AvgIpc) is 3.62. The monoisotopic (exact) mass is 574 g/mol. The van der Waals surface area contributed by atoms with Gasteiger partial charge < -0.3 is 4.42 Å². The zero-order valence-electron chi connectivity index (χ0n) is 24.8. The molecule has 2 heterocycles. The summed E-state index contributed by atoms with van der Waals surface area (Å²) in [5, 5.41) is 23.5. The van der Waals surface area contributed by atoms with Crippen molar-refractivity contribution in [1.29, 1.82) is 10.5 Å². The van der Waals surface area contributed by atoms with Crippen LogP contribution in [0, 0.1) is 35.8 Å².